The summed E-state index contributed by atoms with van der Waals surface area (Å²) in [5.74, 6) is 0. The molecule has 40 heavy (non-hydrogen) atoms. The molecule has 184 valence electrons. The maximum Gasteiger partial charge on any atom is 0.0630 e. The molecule has 0 saturated heterocycles. The van der Waals surface area contributed by atoms with E-state index in [0.717, 1.165) is 43.4 Å². The molecule has 9 aromatic carbocycles. The smallest absolute Gasteiger partial charge is 0.0622 e. The number of hydrogen-bond donors (Lipinski definition) is 0. The highest BCUT2D eigenvalue weighted by Crippen LogP contribution is 2.48. The maximum absolute atomic E-state index is 9.60. The zero-order valence-corrected chi connectivity index (χ0v) is 21.2. The van der Waals surface area contributed by atoms with Gasteiger partial charge in [-0.25, -0.2) is 0 Å². The fraction of sp³-hybridized carbons (Fsp3) is 0. The molecule has 0 unspecified atom stereocenters. The van der Waals surface area contributed by atoms with Gasteiger partial charge in [0.15, 0.2) is 0 Å². The Hall–Kier alpha value is -5.20. The summed E-state index contributed by atoms with van der Waals surface area (Å²) in [5, 5.41) is 5.62. The van der Waals surface area contributed by atoms with Crippen molar-refractivity contribution in [2.45, 2.75) is 0 Å². The maximum atomic E-state index is 9.60. The Morgan fingerprint density at radius 2 is 0.975 bits per heavy atom. The molecule has 0 nitrogen and oxygen atoms in total. The van der Waals surface area contributed by atoms with Gasteiger partial charge in [-0.15, -0.1) is 0 Å². The second kappa shape index (κ2) is 8.15. The van der Waals surface area contributed by atoms with Gasteiger partial charge in [0.1, 0.15) is 0 Å². The van der Waals surface area contributed by atoms with Gasteiger partial charge in [0.25, 0.3) is 0 Å². The van der Waals surface area contributed by atoms with E-state index in [9.17, 15) is 5.48 Å². The van der Waals surface area contributed by atoms with E-state index in [-0.39, 0.29) is 68.1 Å². The van der Waals surface area contributed by atoms with Gasteiger partial charge >= 0.3 is 0 Å². The third-order valence-electron chi connectivity index (χ3n) is 8.04. The molecule has 0 heteroatoms. The lowest BCUT2D eigenvalue weighted by atomic mass is 9.82. The summed E-state index contributed by atoms with van der Waals surface area (Å²) in [6.45, 7) is 0. The number of benzene rings is 9. The molecule has 0 aliphatic carbocycles. The molecule has 0 amide bonds. The van der Waals surface area contributed by atoms with Crippen LogP contribution >= 0.6 is 0 Å². The highest BCUT2D eigenvalue weighted by atomic mass is 14.2. The SMILES string of the molecule is [2H]c1c([2H])c2c([2H])c([2H])c3c([2H])c([2H])c(-c4c5ccccc5c(-c5ccccc5)c5ccc6ccccc6c45)c4c([2H])c([2H])c(c1[2H])c2c34. The monoisotopic (exact) mass is 513 g/mol. The Bertz CT molecular complexity index is 2890. The molecule has 0 N–H and O–H groups in total. The van der Waals surface area contributed by atoms with Gasteiger partial charge in [-0.3, -0.25) is 0 Å². The molecule has 0 bridgehead atoms. The lowest BCUT2D eigenvalue weighted by molar-refractivity contribution is 1.67. The molecule has 0 fully saturated rings. The first-order valence-electron chi connectivity index (χ1n) is 17.7. The van der Waals surface area contributed by atoms with Gasteiger partial charge in [0.05, 0.1) is 12.3 Å². The molecule has 0 heterocycles. The van der Waals surface area contributed by atoms with E-state index in [0.29, 0.717) is 5.56 Å². The highest BCUT2D eigenvalue weighted by Gasteiger charge is 2.20. The Morgan fingerprint density at radius 3 is 1.77 bits per heavy atom. The van der Waals surface area contributed by atoms with Crippen molar-refractivity contribution in [3.05, 3.63) is 145 Å². The number of fused-ring (bicyclic) bond motifs is 4. The minimum Gasteiger partial charge on any atom is -0.0622 e. The number of hydrogen-bond acceptors (Lipinski definition) is 0. The molecule has 0 aliphatic heterocycles. The van der Waals surface area contributed by atoms with Crippen molar-refractivity contribution in [3.63, 3.8) is 0 Å². The van der Waals surface area contributed by atoms with Crippen LogP contribution in [-0.4, -0.2) is 0 Å². The Morgan fingerprint density at radius 1 is 0.350 bits per heavy atom. The van der Waals surface area contributed by atoms with Crippen LogP contribution < -0.4 is 0 Å². The standard InChI is InChI=1S/C40H24/c1-2-10-26(11-3-1)37-31-15-6-7-16-32(31)40(39-30-14-5-4-9-25(30)19-24-35(37)39)34-23-21-29-18-17-27-12-8-13-28-20-22-33(34)38(29)36(27)28/h1-24H/i8D,12D,13D,17D,18D,20D,21D,22D,23D. The van der Waals surface area contributed by atoms with Gasteiger partial charge < -0.3 is 0 Å². The summed E-state index contributed by atoms with van der Waals surface area (Å²) in [4.78, 5) is 0. The van der Waals surface area contributed by atoms with Crippen LogP contribution in [0, 0.1) is 0 Å². The van der Waals surface area contributed by atoms with Crippen molar-refractivity contribution in [1.82, 2.24) is 0 Å². The summed E-state index contributed by atoms with van der Waals surface area (Å²) in [7, 11) is 0. The first kappa shape index (κ1) is 14.8. The van der Waals surface area contributed by atoms with E-state index in [1.807, 2.05) is 66.7 Å². The molecule has 0 atom stereocenters. The van der Waals surface area contributed by atoms with Crippen molar-refractivity contribution < 1.29 is 12.3 Å². The van der Waals surface area contributed by atoms with Crippen LogP contribution in [0.4, 0.5) is 0 Å². The normalized spacial score (nSPS) is 15.2. The summed E-state index contributed by atoms with van der Waals surface area (Å²) in [5.41, 5.74) is 2.86. The molecular weight excluding hydrogens is 480 g/mol. The van der Waals surface area contributed by atoms with Gasteiger partial charge in [-0.1, -0.05) is 145 Å². The number of rotatable bonds is 2. The first-order chi connectivity index (χ1) is 23.6. The van der Waals surface area contributed by atoms with E-state index < -0.39 is 24.2 Å². The van der Waals surface area contributed by atoms with Crippen LogP contribution in [0.1, 0.15) is 12.3 Å². The van der Waals surface area contributed by atoms with Gasteiger partial charge in [0, 0.05) is 0 Å². The van der Waals surface area contributed by atoms with Crippen LogP contribution in [0.5, 0.6) is 0 Å². The fourth-order valence-corrected chi connectivity index (χ4v) is 6.37. The van der Waals surface area contributed by atoms with Crippen LogP contribution in [0.15, 0.2) is 145 Å². The molecule has 9 aromatic rings. The summed E-state index contributed by atoms with van der Waals surface area (Å²) < 4.78 is 81.5. The predicted octanol–water partition coefficient (Wildman–Crippen LogP) is 11.4. The van der Waals surface area contributed by atoms with E-state index in [2.05, 4.69) is 24.3 Å². The minimum atomic E-state index is -0.487. The second-order valence-electron chi connectivity index (χ2n) is 10.1. The summed E-state index contributed by atoms with van der Waals surface area (Å²) in [6, 6.07) is 26.7. The van der Waals surface area contributed by atoms with E-state index in [1.54, 1.807) is 0 Å². The summed E-state index contributed by atoms with van der Waals surface area (Å²) >= 11 is 0. The Labute approximate surface area is 244 Å². The molecule has 0 aromatic heterocycles. The van der Waals surface area contributed by atoms with E-state index >= 15 is 0 Å². The van der Waals surface area contributed by atoms with Crippen LogP contribution in [-0.2, 0) is 0 Å². The molecule has 0 aliphatic rings. The largest absolute Gasteiger partial charge is 0.0630 e. The molecular formula is C40H24. The predicted molar refractivity (Wildman–Crippen MR) is 174 cm³/mol. The third-order valence-corrected chi connectivity index (χ3v) is 8.04. The van der Waals surface area contributed by atoms with Crippen LogP contribution in [0.2, 0.25) is 0 Å². The van der Waals surface area contributed by atoms with Crippen LogP contribution in [0.25, 0.3) is 86.9 Å². The fourth-order valence-electron chi connectivity index (χ4n) is 6.37. The lowest BCUT2D eigenvalue weighted by Gasteiger charge is -2.21. The molecule has 0 radical (unpaired) electrons. The topological polar surface area (TPSA) is 0 Å². The van der Waals surface area contributed by atoms with E-state index in [1.165, 1.54) is 0 Å². The third kappa shape index (κ3) is 2.91. The quantitative estimate of drug-likeness (QED) is 0.159. The Kier molecular flexibility index (Phi) is 3.02. The molecule has 9 rings (SSSR count). The van der Waals surface area contributed by atoms with Crippen molar-refractivity contribution in [2.24, 2.45) is 0 Å². The van der Waals surface area contributed by atoms with Gasteiger partial charge in [-0.05, 0) is 86.9 Å². The van der Waals surface area contributed by atoms with Crippen molar-refractivity contribution in [1.29, 1.82) is 0 Å². The average molecular weight is 514 g/mol. The van der Waals surface area contributed by atoms with E-state index in [4.69, 9.17) is 6.85 Å². The molecule has 0 spiro atoms. The zero-order chi connectivity index (χ0) is 34.0. The van der Waals surface area contributed by atoms with Crippen molar-refractivity contribution in [2.75, 3.05) is 0 Å². The minimum absolute atomic E-state index is 0.0318. The Balaban J connectivity index is 1.64. The summed E-state index contributed by atoms with van der Waals surface area (Å²) in [6.07, 6.45) is 0. The van der Waals surface area contributed by atoms with Crippen molar-refractivity contribution >= 4 is 64.6 Å². The van der Waals surface area contributed by atoms with Crippen LogP contribution in [0.3, 0.4) is 0 Å². The first-order valence-corrected chi connectivity index (χ1v) is 13.2. The van der Waals surface area contributed by atoms with Gasteiger partial charge in [-0.2, -0.15) is 0 Å². The second-order valence-corrected chi connectivity index (χ2v) is 10.1. The zero-order valence-electron chi connectivity index (χ0n) is 30.2. The van der Waals surface area contributed by atoms with Crippen molar-refractivity contribution in [3.8, 4) is 22.3 Å². The molecule has 0 saturated carbocycles. The highest BCUT2D eigenvalue weighted by molar-refractivity contribution is 6.32. The average Bonchev–Trinajstić information content (AvgIpc) is 3.12. The van der Waals surface area contributed by atoms with Gasteiger partial charge in [0.2, 0.25) is 0 Å². The lowest BCUT2D eigenvalue weighted by Crippen LogP contribution is -1.93.